The molecule has 1 aliphatic heterocycles. The highest BCUT2D eigenvalue weighted by Crippen LogP contribution is 2.24. The topological polar surface area (TPSA) is 51.7 Å². The number of amides is 1. The second-order valence-electron chi connectivity index (χ2n) is 6.98. The van der Waals surface area contributed by atoms with Crippen molar-refractivity contribution in [3.8, 4) is 16.9 Å². The second-order valence-corrected chi connectivity index (χ2v) is 7.70. The Balaban J connectivity index is 1.23. The third-order valence-electron chi connectivity index (χ3n) is 4.89. The first kappa shape index (κ1) is 19.4. The van der Waals surface area contributed by atoms with Crippen LogP contribution in [0.5, 0.6) is 5.75 Å². The van der Waals surface area contributed by atoms with Crippen LogP contribution in [0.1, 0.15) is 12.1 Å². The van der Waals surface area contributed by atoms with Crippen LogP contribution in [0, 0.1) is 11.7 Å². The van der Waals surface area contributed by atoms with Crippen LogP contribution in [0.2, 0.25) is 0 Å². The smallest absolute Gasteiger partial charge is 0.410 e. The number of carbonyl (C=O) groups is 1. The minimum atomic E-state index is -0.302. The Morgan fingerprint density at radius 1 is 1.14 bits per heavy atom. The Labute approximate surface area is 172 Å². The van der Waals surface area contributed by atoms with E-state index in [-0.39, 0.29) is 24.4 Å². The highest BCUT2D eigenvalue weighted by molar-refractivity contribution is 7.07. The molecule has 2 aromatic carbocycles. The molecule has 4 rings (SSSR count). The summed E-state index contributed by atoms with van der Waals surface area (Å²) >= 11 is 1.48. The first-order valence-electron chi connectivity index (χ1n) is 9.45. The summed E-state index contributed by atoms with van der Waals surface area (Å²) < 4.78 is 24.3. The van der Waals surface area contributed by atoms with E-state index in [0.29, 0.717) is 19.7 Å². The van der Waals surface area contributed by atoms with Gasteiger partial charge in [0.1, 0.15) is 18.2 Å². The van der Waals surface area contributed by atoms with Crippen LogP contribution in [0.4, 0.5) is 9.18 Å². The van der Waals surface area contributed by atoms with Crippen molar-refractivity contribution >= 4 is 17.4 Å². The van der Waals surface area contributed by atoms with Gasteiger partial charge in [0.2, 0.25) is 0 Å². The van der Waals surface area contributed by atoms with Gasteiger partial charge < -0.3 is 14.4 Å². The lowest BCUT2D eigenvalue weighted by Gasteiger charge is -2.16. The van der Waals surface area contributed by atoms with Crippen LogP contribution in [0.3, 0.4) is 0 Å². The SMILES string of the molecule is O=C(OCc1cscn1)N1CCC(COc2ccc(-c3ccc(F)cc3)cc2)C1. The van der Waals surface area contributed by atoms with E-state index in [2.05, 4.69) is 4.98 Å². The first-order chi connectivity index (χ1) is 14.2. The lowest BCUT2D eigenvalue weighted by atomic mass is 10.1. The van der Waals surface area contributed by atoms with Gasteiger partial charge >= 0.3 is 6.09 Å². The van der Waals surface area contributed by atoms with Gasteiger partial charge in [0, 0.05) is 24.4 Å². The molecule has 0 spiro atoms. The molecule has 2 heterocycles. The molecule has 5 nitrogen and oxygen atoms in total. The minimum absolute atomic E-state index is 0.209. The van der Waals surface area contributed by atoms with Gasteiger partial charge in [0.15, 0.2) is 0 Å². The van der Waals surface area contributed by atoms with Crippen LogP contribution >= 0.6 is 11.3 Å². The van der Waals surface area contributed by atoms with E-state index in [1.807, 2.05) is 29.6 Å². The monoisotopic (exact) mass is 412 g/mol. The molecular weight excluding hydrogens is 391 g/mol. The van der Waals surface area contributed by atoms with E-state index in [9.17, 15) is 9.18 Å². The van der Waals surface area contributed by atoms with Crippen LogP contribution in [-0.4, -0.2) is 35.7 Å². The van der Waals surface area contributed by atoms with Crippen molar-refractivity contribution < 1.29 is 18.7 Å². The predicted molar refractivity (Wildman–Crippen MR) is 109 cm³/mol. The Morgan fingerprint density at radius 3 is 2.55 bits per heavy atom. The maximum Gasteiger partial charge on any atom is 0.410 e. The Bertz CT molecular complexity index is 930. The molecule has 1 unspecified atom stereocenters. The van der Waals surface area contributed by atoms with E-state index < -0.39 is 0 Å². The predicted octanol–water partition coefficient (Wildman–Crippen LogP) is 4.99. The zero-order valence-electron chi connectivity index (χ0n) is 15.8. The fourth-order valence-electron chi connectivity index (χ4n) is 3.27. The first-order valence-corrected chi connectivity index (χ1v) is 10.4. The molecular formula is C22H21FN2O3S. The number of benzene rings is 2. The van der Waals surface area contributed by atoms with Crippen LogP contribution in [0.15, 0.2) is 59.4 Å². The molecule has 3 aromatic rings. The number of nitrogens with zero attached hydrogens (tertiary/aromatic N) is 2. The summed E-state index contributed by atoms with van der Waals surface area (Å²) in [6.07, 6.45) is 0.587. The van der Waals surface area contributed by atoms with Gasteiger partial charge in [-0.15, -0.1) is 11.3 Å². The molecule has 1 aromatic heterocycles. The molecule has 29 heavy (non-hydrogen) atoms. The van der Waals surface area contributed by atoms with Gasteiger partial charge in [0.05, 0.1) is 17.8 Å². The maximum absolute atomic E-state index is 13.0. The van der Waals surface area contributed by atoms with Crippen molar-refractivity contribution in [2.24, 2.45) is 5.92 Å². The molecule has 0 saturated carbocycles. The summed E-state index contributed by atoms with van der Waals surface area (Å²) in [4.78, 5) is 18.0. The Hall–Kier alpha value is -2.93. The van der Waals surface area contributed by atoms with Gasteiger partial charge in [-0.05, 0) is 41.8 Å². The number of likely N-dealkylation sites (tertiary alicyclic amines) is 1. The van der Waals surface area contributed by atoms with Crippen molar-refractivity contribution in [3.05, 3.63) is 70.9 Å². The molecule has 0 radical (unpaired) electrons. The maximum atomic E-state index is 13.0. The summed E-state index contributed by atoms with van der Waals surface area (Å²) in [7, 11) is 0. The Morgan fingerprint density at radius 2 is 1.86 bits per heavy atom. The van der Waals surface area contributed by atoms with Crippen molar-refractivity contribution in [1.82, 2.24) is 9.88 Å². The molecule has 0 aliphatic carbocycles. The molecule has 0 N–H and O–H groups in total. The zero-order chi connectivity index (χ0) is 20.1. The summed E-state index contributed by atoms with van der Waals surface area (Å²) in [6.45, 7) is 2.06. The normalized spacial score (nSPS) is 16.0. The molecule has 1 atom stereocenters. The fraction of sp³-hybridized carbons (Fsp3) is 0.273. The summed E-state index contributed by atoms with van der Waals surface area (Å²) in [5.41, 5.74) is 4.46. The van der Waals surface area contributed by atoms with E-state index in [1.54, 1.807) is 22.5 Å². The molecule has 1 saturated heterocycles. The summed E-state index contributed by atoms with van der Waals surface area (Å²) in [6, 6.07) is 14.2. The highest BCUT2D eigenvalue weighted by Gasteiger charge is 2.27. The van der Waals surface area contributed by atoms with E-state index in [4.69, 9.17) is 9.47 Å². The van der Waals surface area contributed by atoms with Crippen molar-refractivity contribution in [3.63, 3.8) is 0 Å². The third kappa shape index (κ3) is 5.12. The molecule has 1 fully saturated rings. The number of halogens is 1. The van der Waals surface area contributed by atoms with Crippen molar-refractivity contribution in [2.75, 3.05) is 19.7 Å². The van der Waals surface area contributed by atoms with Crippen molar-refractivity contribution in [1.29, 1.82) is 0 Å². The highest BCUT2D eigenvalue weighted by atomic mass is 32.1. The second kappa shape index (κ2) is 9.05. The average molecular weight is 412 g/mol. The van der Waals surface area contributed by atoms with Gasteiger partial charge in [-0.1, -0.05) is 24.3 Å². The number of thiazole rings is 1. The lowest BCUT2D eigenvalue weighted by molar-refractivity contribution is 0.101. The summed E-state index contributed by atoms with van der Waals surface area (Å²) in [5.74, 6) is 0.811. The van der Waals surface area contributed by atoms with Gasteiger partial charge in [0.25, 0.3) is 0 Å². The number of ether oxygens (including phenoxy) is 2. The largest absolute Gasteiger partial charge is 0.493 e. The zero-order valence-corrected chi connectivity index (χ0v) is 16.6. The van der Waals surface area contributed by atoms with Crippen molar-refractivity contribution in [2.45, 2.75) is 13.0 Å². The van der Waals surface area contributed by atoms with Gasteiger partial charge in [-0.3, -0.25) is 0 Å². The molecule has 0 bridgehead atoms. The number of hydrogen-bond acceptors (Lipinski definition) is 5. The molecule has 7 heteroatoms. The molecule has 150 valence electrons. The standard InChI is InChI=1S/C22H21FN2O3S/c23-19-5-1-17(2-6-19)18-3-7-21(8-4-18)27-12-16-9-10-25(11-16)22(26)28-13-20-14-29-15-24-20/h1-8,14-16H,9-13H2. The molecule has 1 amide bonds. The Kier molecular flexibility index (Phi) is 6.05. The third-order valence-corrected chi connectivity index (χ3v) is 5.52. The van der Waals surface area contributed by atoms with Crippen LogP contribution < -0.4 is 4.74 Å². The van der Waals surface area contributed by atoms with E-state index in [1.165, 1.54) is 23.5 Å². The number of carbonyl (C=O) groups excluding carboxylic acids is 1. The van der Waals surface area contributed by atoms with Gasteiger partial charge in [-0.2, -0.15) is 0 Å². The van der Waals surface area contributed by atoms with Crippen LogP contribution in [-0.2, 0) is 11.3 Å². The fourth-order valence-corrected chi connectivity index (χ4v) is 3.81. The quantitative estimate of drug-likeness (QED) is 0.573. The summed E-state index contributed by atoms with van der Waals surface area (Å²) in [5, 5.41) is 1.87. The number of rotatable bonds is 6. The lowest BCUT2D eigenvalue weighted by Crippen LogP contribution is -2.30. The number of hydrogen-bond donors (Lipinski definition) is 0. The van der Waals surface area contributed by atoms with Crippen LogP contribution in [0.25, 0.3) is 11.1 Å². The van der Waals surface area contributed by atoms with Gasteiger partial charge in [-0.25, -0.2) is 14.2 Å². The molecule has 1 aliphatic rings. The number of aromatic nitrogens is 1. The average Bonchev–Trinajstić information content (AvgIpc) is 3.44. The van der Waals surface area contributed by atoms with E-state index in [0.717, 1.165) is 29.0 Å². The minimum Gasteiger partial charge on any atom is -0.493 e. The van der Waals surface area contributed by atoms with E-state index >= 15 is 0 Å².